The molecule has 0 fully saturated rings. The van der Waals surface area contributed by atoms with Crippen molar-refractivity contribution < 1.29 is 17.9 Å². The van der Waals surface area contributed by atoms with E-state index in [0.29, 0.717) is 22.9 Å². The highest BCUT2D eigenvalue weighted by Crippen LogP contribution is 2.31. The third-order valence-electron chi connectivity index (χ3n) is 5.11. The normalized spacial score (nSPS) is 12.2. The predicted molar refractivity (Wildman–Crippen MR) is 131 cm³/mol. The second-order valence-electron chi connectivity index (χ2n) is 7.78. The van der Waals surface area contributed by atoms with E-state index in [0.717, 1.165) is 11.1 Å². The van der Waals surface area contributed by atoms with Crippen molar-refractivity contribution in [3.05, 3.63) is 94.5 Å². The second-order valence-corrected chi connectivity index (χ2v) is 10.1. The van der Waals surface area contributed by atoms with Crippen molar-refractivity contribution in [2.24, 2.45) is 0 Å². The van der Waals surface area contributed by atoms with Crippen molar-refractivity contribution in [1.29, 1.82) is 0 Å². The number of hydrogen-bond acceptors (Lipinski definition) is 4. The molecule has 0 aliphatic rings. The molecule has 0 saturated carbocycles. The van der Waals surface area contributed by atoms with Crippen molar-refractivity contribution >= 4 is 33.2 Å². The molecule has 0 bridgehead atoms. The number of anilines is 1. The highest BCUT2D eigenvalue weighted by molar-refractivity contribution is 7.92. The van der Waals surface area contributed by atoms with Crippen molar-refractivity contribution in [1.82, 2.24) is 5.32 Å². The van der Waals surface area contributed by atoms with Gasteiger partial charge in [0.1, 0.15) is 0 Å². The van der Waals surface area contributed by atoms with E-state index in [2.05, 4.69) is 5.32 Å². The first-order chi connectivity index (χ1) is 15.7. The van der Waals surface area contributed by atoms with Crippen molar-refractivity contribution in [3.63, 3.8) is 0 Å². The van der Waals surface area contributed by atoms with Gasteiger partial charge in [0.2, 0.25) is 0 Å². The molecule has 0 aliphatic carbocycles. The van der Waals surface area contributed by atoms with E-state index in [-0.39, 0.29) is 23.4 Å². The molecule has 174 valence electrons. The first-order valence-corrected chi connectivity index (χ1v) is 12.3. The largest absolute Gasteiger partial charge is 0.383 e. The van der Waals surface area contributed by atoms with Crippen molar-refractivity contribution in [3.8, 4) is 0 Å². The van der Waals surface area contributed by atoms with Gasteiger partial charge in [-0.25, -0.2) is 8.42 Å². The Hall–Kier alpha value is -2.87. The lowest BCUT2D eigenvalue weighted by atomic mass is 10.1. The van der Waals surface area contributed by atoms with Crippen molar-refractivity contribution in [2.75, 3.05) is 18.0 Å². The van der Waals surface area contributed by atoms with Crippen LogP contribution in [0, 0.1) is 6.92 Å². The molecule has 0 heterocycles. The number of amides is 1. The molecule has 0 radical (unpaired) electrons. The maximum Gasteiger partial charge on any atom is 0.264 e. The third-order valence-corrected chi connectivity index (χ3v) is 7.12. The molecule has 0 aliphatic heterocycles. The fraction of sp³-hybridized carbons (Fsp3) is 0.240. The molecule has 33 heavy (non-hydrogen) atoms. The number of sulfonamides is 1. The number of halogens is 1. The molecule has 1 unspecified atom stereocenters. The van der Waals surface area contributed by atoms with Gasteiger partial charge < -0.3 is 10.1 Å². The summed E-state index contributed by atoms with van der Waals surface area (Å²) in [5.74, 6) is -0.217. The Kier molecular flexibility index (Phi) is 8.13. The predicted octanol–water partition coefficient (Wildman–Crippen LogP) is 4.81. The molecule has 3 aromatic carbocycles. The van der Waals surface area contributed by atoms with Gasteiger partial charge in [0, 0.05) is 23.7 Å². The van der Waals surface area contributed by atoms with Crippen LogP contribution in [0.25, 0.3) is 0 Å². The molecular weight excluding hydrogens is 460 g/mol. The van der Waals surface area contributed by atoms with Gasteiger partial charge in [0.15, 0.2) is 0 Å². The molecule has 0 aromatic heterocycles. The van der Waals surface area contributed by atoms with Gasteiger partial charge in [-0.1, -0.05) is 48.0 Å². The van der Waals surface area contributed by atoms with E-state index in [4.69, 9.17) is 16.3 Å². The number of methoxy groups -OCH3 is 1. The quantitative estimate of drug-likeness (QED) is 0.471. The molecule has 1 amide bonds. The zero-order chi connectivity index (χ0) is 24.0. The van der Waals surface area contributed by atoms with Crippen LogP contribution in [0.3, 0.4) is 0 Å². The monoisotopic (exact) mass is 486 g/mol. The lowest BCUT2D eigenvalue weighted by Crippen LogP contribution is -2.35. The van der Waals surface area contributed by atoms with Crippen LogP contribution in [0.2, 0.25) is 5.02 Å². The zero-order valence-electron chi connectivity index (χ0n) is 18.8. The summed E-state index contributed by atoms with van der Waals surface area (Å²) in [6.45, 7) is 4.19. The number of hydrogen-bond donors (Lipinski definition) is 1. The Morgan fingerprint density at radius 3 is 2.36 bits per heavy atom. The van der Waals surface area contributed by atoms with Crippen LogP contribution in [0.4, 0.5) is 5.69 Å². The average molecular weight is 487 g/mol. The molecule has 6 nitrogen and oxygen atoms in total. The van der Waals surface area contributed by atoms with Crippen LogP contribution in [-0.4, -0.2) is 34.1 Å². The van der Waals surface area contributed by atoms with Crippen LogP contribution in [0.5, 0.6) is 0 Å². The first-order valence-electron chi connectivity index (χ1n) is 10.4. The minimum atomic E-state index is -3.86. The SMILES string of the molecule is COCC(C)NC(=O)c1ccc(CN(c2cc(Cl)ccc2C)S(=O)(=O)c2ccccc2)cc1. The van der Waals surface area contributed by atoms with E-state index in [1.54, 1.807) is 79.9 Å². The molecule has 0 saturated heterocycles. The Labute approximate surface area is 200 Å². The molecule has 0 spiro atoms. The number of carbonyl (C=O) groups is 1. The number of nitrogens with one attached hydrogen (secondary N) is 1. The van der Waals surface area contributed by atoms with Crippen LogP contribution >= 0.6 is 11.6 Å². The fourth-order valence-electron chi connectivity index (χ4n) is 3.40. The number of benzene rings is 3. The fourth-order valence-corrected chi connectivity index (χ4v) is 5.09. The Morgan fingerprint density at radius 2 is 1.73 bits per heavy atom. The van der Waals surface area contributed by atoms with E-state index >= 15 is 0 Å². The van der Waals surface area contributed by atoms with Crippen molar-refractivity contribution in [2.45, 2.75) is 31.3 Å². The molecule has 1 N–H and O–H groups in total. The number of ether oxygens (including phenoxy) is 1. The summed E-state index contributed by atoms with van der Waals surface area (Å²) in [5.41, 5.74) is 2.50. The molecule has 3 aromatic rings. The summed E-state index contributed by atoms with van der Waals surface area (Å²) in [5, 5.41) is 3.30. The third kappa shape index (κ3) is 6.13. The van der Waals surface area contributed by atoms with Crippen LogP contribution < -0.4 is 9.62 Å². The average Bonchev–Trinajstić information content (AvgIpc) is 2.80. The van der Waals surface area contributed by atoms with Gasteiger partial charge in [0.05, 0.1) is 23.7 Å². The second kappa shape index (κ2) is 10.8. The highest BCUT2D eigenvalue weighted by atomic mass is 35.5. The zero-order valence-corrected chi connectivity index (χ0v) is 20.4. The topological polar surface area (TPSA) is 75.7 Å². The Morgan fingerprint density at radius 1 is 1.06 bits per heavy atom. The smallest absolute Gasteiger partial charge is 0.264 e. The van der Waals surface area contributed by atoms with Crippen LogP contribution in [-0.2, 0) is 21.3 Å². The maximum absolute atomic E-state index is 13.6. The Balaban J connectivity index is 1.93. The summed E-state index contributed by atoms with van der Waals surface area (Å²) < 4.78 is 33.5. The van der Waals surface area contributed by atoms with E-state index < -0.39 is 10.0 Å². The lowest BCUT2D eigenvalue weighted by Gasteiger charge is -2.26. The van der Waals surface area contributed by atoms with Gasteiger partial charge in [-0.15, -0.1) is 0 Å². The minimum Gasteiger partial charge on any atom is -0.383 e. The maximum atomic E-state index is 13.6. The van der Waals surface area contributed by atoms with Gasteiger partial charge in [-0.2, -0.15) is 0 Å². The van der Waals surface area contributed by atoms with Crippen LogP contribution in [0.1, 0.15) is 28.4 Å². The summed E-state index contributed by atoms with van der Waals surface area (Å²) in [6, 6.07) is 20.2. The lowest BCUT2D eigenvalue weighted by molar-refractivity contribution is 0.0905. The molecule has 1 atom stereocenters. The van der Waals surface area contributed by atoms with E-state index in [9.17, 15) is 13.2 Å². The van der Waals surface area contributed by atoms with Gasteiger partial charge >= 0.3 is 0 Å². The number of nitrogens with zero attached hydrogens (tertiary/aromatic N) is 1. The summed E-state index contributed by atoms with van der Waals surface area (Å²) in [7, 11) is -2.28. The standard InChI is InChI=1S/C25H27ClN2O4S/c1-18-9-14-22(26)15-24(18)28(33(30,31)23-7-5-4-6-8-23)16-20-10-12-21(13-11-20)25(29)27-19(2)17-32-3/h4-15,19H,16-17H2,1-3H3,(H,27,29). The first kappa shape index (κ1) is 24.8. The molecular formula is C25H27ClN2O4S. The molecule has 3 rings (SSSR count). The number of carbonyl (C=O) groups excluding carboxylic acids is 1. The van der Waals surface area contributed by atoms with Crippen LogP contribution in [0.15, 0.2) is 77.7 Å². The summed E-state index contributed by atoms with van der Waals surface area (Å²) in [4.78, 5) is 12.6. The highest BCUT2D eigenvalue weighted by Gasteiger charge is 2.26. The number of rotatable bonds is 9. The number of aryl methyl sites for hydroxylation is 1. The summed E-state index contributed by atoms with van der Waals surface area (Å²) >= 11 is 6.20. The summed E-state index contributed by atoms with van der Waals surface area (Å²) in [6.07, 6.45) is 0. The van der Waals surface area contributed by atoms with Gasteiger partial charge in [-0.3, -0.25) is 9.10 Å². The minimum absolute atomic E-state index is 0.0837. The van der Waals surface area contributed by atoms with Gasteiger partial charge in [-0.05, 0) is 61.4 Å². The van der Waals surface area contributed by atoms with E-state index in [1.165, 1.54) is 4.31 Å². The molecule has 8 heteroatoms. The van der Waals surface area contributed by atoms with E-state index in [1.807, 2.05) is 13.8 Å². The van der Waals surface area contributed by atoms with Gasteiger partial charge in [0.25, 0.3) is 15.9 Å². The Bertz CT molecular complexity index is 1200.